The van der Waals surface area contributed by atoms with E-state index in [1.54, 1.807) is 19.9 Å². The number of benzene rings is 2. The normalized spacial score (nSPS) is 21.1. The van der Waals surface area contributed by atoms with Gasteiger partial charge in [-0.05, 0) is 61.0 Å². The average molecular weight is 661 g/mol. The second-order valence-corrected chi connectivity index (χ2v) is 11.6. The Morgan fingerprint density at radius 2 is 1.85 bits per heavy atom. The molecule has 1 aliphatic heterocycles. The molecule has 2 aromatic heterocycles. The molecular weight excluding hydrogens is 634 g/mol. The summed E-state index contributed by atoms with van der Waals surface area (Å²) >= 11 is 0. The standard InChI is InChI=1S/C32H26F6N4O5/c1-14-7-17-8-18(9-21(24(17)40-11-14)46-12-23(34)35)28(43)41-13-30(45,32(36,37)38)22-10-20-26(47-27-15(2)31(20,27)29(39)44)25(42-22)16-3-5-19(33)6-4-16/h3-11,15,23,27,45H,12-13H2,1-2H3,(H2,39,44)(H,41,43)/t15?,27?,30-,31+/m0/s1. The number of fused-ring (bicyclic) bond motifs is 4. The van der Waals surface area contributed by atoms with Crippen molar-refractivity contribution in [3.63, 3.8) is 0 Å². The zero-order chi connectivity index (χ0) is 34.1. The van der Waals surface area contributed by atoms with Crippen molar-refractivity contribution < 1.29 is 50.5 Å². The zero-order valence-corrected chi connectivity index (χ0v) is 24.7. The van der Waals surface area contributed by atoms with Crippen molar-refractivity contribution in [1.29, 1.82) is 0 Å². The number of nitrogens with two attached hydrogens (primary N) is 1. The van der Waals surface area contributed by atoms with Crippen molar-refractivity contribution in [3.05, 3.63) is 82.9 Å². The molecule has 9 nitrogen and oxygen atoms in total. The molecule has 2 amide bonds. The smallest absolute Gasteiger partial charge is 0.424 e. The van der Waals surface area contributed by atoms with Crippen molar-refractivity contribution in [2.45, 2.75) is 43.6 Å². The molecule has 2 aromatic carbocycles. The maximum atomic E-state index is 14.8. The van der Waals surface area contributed by atoms with Crippen LogP contribution in [-0.4, -0.2) is 58.7 Å². The molecule has 47 heavy (non-hydrogen) atoms. The molecule has 0 saturated heterocycles. The van der Waals surface area contributed by atoms with Gasteiger partial charge in [-0.15, -0.1) is 0 Å². The molecule has 15 heteroatoms. The summed E-state index contributed by atoms with van der Waals surface area (Å²) in [7, 11) is 0. The van der Waals surface area contributed by atoms with Gasteiger partial charge in [-0.1, -0.05) is 6.92 Å². The van der Waals surface area contributed by atoms with E-state index in [4.69, 9.17) is 15.2 Å². The highest BCUT2D eigenvalue weighted by molar-refractivity contribution is 6.00. The number of alkyl halides is 5. The van der Waals surface area contributed by atoms with E-state index in [2.05, 4.69) is 15.3 Å². The Morgan fingerprint density at radius 3 is 2.49 bits per heavy atom. The van der Waals surface area contributed by atoms with Gasteiger partial charge in [0, 0.05) is 34.2 Å². The fraction of sp³-hybridized carbons (Fsp3) is 0.312. The molecule has 3 heterocycles. The van der Waals surface area contributed by atoms with Crippen LogP contribution in [0.15, 0.2) is 54.7 Å². The van der Waals surface area contributed by atoms with Crippen LogP contribution in [0.5, 0.6) is 11.5 Å². The monoisotopic (exact) mass is 660 g/mol. The predicted octanol–water partition coefficient (Wildman–Crippen LogP) is 4.70. The maximum Gasteiger partial charge on any atom is 0.424 e. The number of primary amides is 1. The number of amides is 2. The SMILES string of the molecule is Cc1cnc2c(OCC(F)F)cc(C(=O)NC[C@](O)(c3cc4c(c(-c5ccc(F)cc5)n3)OC3C(C)[C@@]43C(N)=O)C(F)(F)F)cc2c1. The fourth-order valence-electron chi connectivity index (χ4n) is 6.08. The van der Waals surface area contributed by atoms with Crippen molar-refractivity contribution in [3.8, 4) is 22.8 Å². The van der Waals surface area contributed by atoms with Gasteiger partial charge in [0.05, 0.1) is 12.2 Å². The van der Waals surface area contributed by atoms with Crippen LogP contribution >= 0.6 is 0 Å². The van der Waals surface area contributed by atoms with Crippen molar-refractivity contribution >= 4 is 22.7 Å². The quantitative estimate of drug-likeness (QED) is 0.222. The minimum absolute atomic E-state index is 0.0287. The van der Waals surface area contributed by atoms with E-state index in [-0.39, 0.29) is 39.4 Å². The number of halogens is 6. The lowest BCUT2D eigenvalue weighted by molar-refractivity contribution is -0.265. The Bertz CT molecular complexity index is 1920. The van der Waals surface area contributed by atoms with E-state index >= 15 is 0 Å². The first-order valence-corrected chi connectivity index (χ1v) is 14.2. The highest BCUT2D eigenvalue weighted by Crippen LogP contribution is 2.65. The number of hydrogen-bond acceptors (Lipinski definition) is 7. The summed E-state index contributed by atoms with van der Waals surface area (Å²) in [5.41, 5.74) is -0.172. The summed E-state index contributed by atoms with van der Waals surface area (Å²) in [6.45, 7) is 0.834. The third-order valence-electron chi connectivity index (χ3n) is 8.61. The molecule has 1 fully saturated rings. The minimum atomic E-state index is -5.44. The van der Waals surface area contributed by atoms with Crippen LogP contribution in [0, 0.1) is 18.7 Å². The zero-order valence-electron chi connectivity index (χ0n) is 24.7. The first-order chi connectivity index (χ1) is 22.1. The summed E-state index contributed by atoms with van der Waals surface area (Å²) in [6.07, 6.45) is -7.64. The van der Waals surface area contributed by atoms with Crippen LogP contribution in [0.25, 0.3) is 22.2 Å². The van der Waals surface area contributed by atoms with E-state index < -0.39 is 72.1 Å². The molecule has 0 spiro atoms. The van der Waals surface area contributed by atoms with E-state index in [1.807, 2.05) is 0 Å². The van der Waals surface area contributed by atoms with E-state index in [0.717, 1.165) is 24.3 Å². The number of carbonyl (C=O) groups is 2. The molecular formula is C32H26F6N4O5. The van der Waals surface area contributed by atoms with E-state index in [1.165, 1.54) is 24.4 Å². The first kappa shape index (κ1) is 32.0. The first-order valence-electron chi connectivity index (χ1n) is 14.2. The van der Waals surface area contributed by atoms with Gasteiger partial charge >= 0.3 is 6.18 Å². The summed E-state index contributed by atoms with van der Waals surface area (Å²) in [6, 6.07) is 9.39. The summed E-state index contributed by atoms with van der Waals surface area (Å²) in [5, 5.41) is 13.7. The van der Waals surface area contributed by atoms with E-state index in [9.17, 15) is 41.0 Å². The largest absolute Gasteiger partial charge is 0.486 e. The third kappa shape index (κ3) is 5.18. The van der Waals surface area contributed by atoms with Gasteiger partial charge in [-0.25, -0.2) is 18.2 Å². The van der Waals surface area contributed by atoms with Crippen LogP contribution < -0.4 is 20.5 Å². The number of nitrogens with one attached hydrogen (secondary N) is 1. The van der Waals surface area contributed by atoms with Crippen LogP contribution in [0.3, 0.4) is 0 Å². The second kappa shape index (κ2) is 11.1. The Hall–Kier alpha value is -4.92. The summed E-state index contributed by atoms with van der Waals surface area (Å²) in [5.74, 6) is -3.34. The van der Waals surface area contributed by atoms with Crippen molar-refractivity contribution in [2.75, 3.05) is 13.2 Å². The maximum absolute atomic E-state index is 14.8. The van der Waals surface area contributed by atoms with Gasteiger partial charge in [0.25, 0.3) is 12.3 Å². The van der Waals surface area contributed by atoms with Gasteiger partial charge in [-0.3, -0.25) is 14.6 Å². The van der Waals surface area contributed by atoms with Gasteiger partial charge in [0.15, 0.2) is 5.75 Å². The molecule has 1 saturated carbocycles. The number of rotatable bonds is 9. The molecule has 2 aliphatic rings. The molecule has 0 bridgehead atoms. The Kier molecular flexibility index (Phi) is 7.57. The number of carbonyl (C=O) groups excluding carboxylic acids is 2. The number of pyridine rings is 2. The lowest BCUT2D eigenvalue weighted by Crippen LogP contribution is -2.51. The van der Waals surface area contributed by atoms with Crippen LogP contribution in [0.2, 0.25) is 0 Å². The molecule has 4 N–H and O–H groups in total. The molecule has 1 aliphatic carbocycles. The Labute approximate surface area is 262 Å². The van der Waals surface area contributed by atoms with Crippen LogP contribution in [0.1, 0.15) is 34.1 Å². The molecule has 0 radical (unpaired) electrons. The highest BCUT2D eigenvalue weighted by Gasteiger charge is 2.75. The molecule has 4 atom stereocenters. The van der Waals surface area contributed by atoms with Crippen LogP contribution in [0.4, 0.5) is 26.3 Å². The van der Waals surface area contributed by atoms with Crippen LogP contribution in [-0.2, 0) is 15.8 Å². The van der Waals surface area contributed by atoms with Gasteiger partial charge in [0.2, 0.25) is 11.5 Å². The Morgan fingerprint density at radius 1 is 1.15 bits per heavy atom. The fourth-order valence-corrected chi connectivity index (χ4v) is 6.08. The lowest BCUT2D eigenvalue weighted by atomic mass is 9.87. The highest BCUT2D eigenvalue weighted by atomic mass is 19.4. The lowest BCUT2D eigenvalue weighted by Gasteiger charge is -2.31. The topological polar surface area (TPSA) is 137 Å². The minimum Gasteiger partial charge on any atom is -0.486 e. The van der Waals surface area contributed by atoms with Crippen molar-refractivity contribution in [1.82, 2.24) is 15.3 Å². The molecule has 4 aromatic rings. The Balaban J connectivity index is 1.41. The number of aliphatic hydroxyl groups is 1. The average Bonchev–Trinajstić information content (AvgIpc) is 3.42. The number of aryl methyl sites for hydroxylation is 1. The molecule has 2 unspecified atom stereocenters. The number of ether oxygens (including phenoxy) is 2. The predicted molar refractivity (Wildman–Crippen MR) is 154 cm³/mol. The van der Waals surface area contributed by atoms with Gasteiger partial charge in [0.1, 0.15) is 40.9 Å². The number of hydrogen-bond donors (Lipinski definition) is 3. The summed E-state index contributed by atoms with van der Waals surface area (Å²) in [4.78, 5) is 34.2. The van der Waals surface area contributed by atoms with Gasteiger partial charge in [-0.2, -0.15) is 13.2 Å². The van der Waals surface area contributed by atoms with Crippen molar-refractivity contribution in [2.24, 2.45) is 11.7 Å². The number of aromatic nitrogens is 2. The van der Waals surface area contributed by atoms with E-state index in [0.29, 0.717) is 10.9 Å². The molecule has 246 valence electrons. The van der Waals surface area contributed by atoms with Gasteiger partial charge < -0.3 is 25.6 Å². The molecule has 6 rings (SSSR count). The third-order valence-corrected chi connectivity index (χ3v) is 8.61. The number of nitrogens with zero attached hydrogens (tertiary/aromatic N) is 2. The summed E-state index contributed by atoms with van der Waals surface area (Å²) < 4.78 is 95.0. The second-order valence-electron chi connectivity index (χ2n) is 11.6.